The fourth-order valence-corrected chi connectivity index (χ4v) is 4.97. The second-order valence-corrected chi connectivity index (χ2v) is 9.22. The maximum atomic E-state index is 14.8. The first-order chi connectivity index (χ1) is 18.2. The van der Waals surface area contributed by atoms with Crippen LogP contribution in [0, 0.1) is 11.6 Å². The van der Waals surface area contributed by atoms with Crippen LogP contribution in [0.1, 0.15) is 28.4 Å². The van der Waals surface area contributed by atoms with Crippen LogP contribution in [-0.2, 0) is 29.6 Å². The van der Waals surface area contributed by atoms with Gasteiger partial charge in [-0.15, -0.1) is 0 Å². The maximum Gasteiger partial charge on any atom is 0.410 e. The molecule has 38 heavy (non-hydrogen) atoms. The third-order valence-electron chi connectivity index (χ3n) is 6.46. The zero-order valence-corrected chi connectivity index (χ0v) is 20.9. The van der Waals surface area contributed by atoms with Gasteiger partial charge < -0.3 is 14.6 Å². The average molecular weight is 542 g/mol. The molecule has 11 heteroatoms. The lowest BCUT2D eigenvalue weighted by Crippen LogP contribution is -2.41. The SMILES string of the molecule is Cn1nc(COC(=O)N2CCc3c(ccc(F)c3F)[C@H]2c2cc(Cl)ccc2OCC(=O)O)c2ccccc21. The van der Waals surface area contributed by atoms with Crippen LogP contribution in [0.4, 0.5) is 13.6 Å². The molecule has 1 atom stereocenters. The van der Waals surface area contributed by atoms with Crippen LogP contribution in [-0.4, -0.2) is 45.0 Å². The Morgan fingerprint density at radius 3 is 2.71 bits per heavy atom. The lowest BCUT2D eigenvalue weighted by Gasteiger charge is -2.37. The Kier molecular flexibility index (Phi) is 6.90. The van der Waals surface area contributed by atoms with Crippen LogP contribution in [0.25, 0.3) is 10.9 Å². The van der Waals surface area contributed by atoms with Crippen molar-refractivity contribution in [3.8, 4) is 5.75 Å². The van der Waals surface area contributed by atoms with Gasteiger partial charge in [-0.3, -0.25) is 9.58 Å². The van der Waals surface area contributed by atoms with Gasteiger partial charge in [0, 0.05) is 29.6 Å². The fraction of sp³-hybridized carbons (Fsp3) is 0.222. The summed E-state index contributed by atoms with van der Waals surface area (Å²) in [5.41, 5.74) is 2.18. The number of carbonyl (C=O) groups is 2. The minimum atomic E-state index is -1.21. The third-order valence-corrected chi connectivity index (χ3v) is 6.70. The van der Waals surface area contributed by atoms with Crippen molar-refractivity contribution in [1.82, 2.24) is 14.7 Å². The summed E-state index contributed by atoms with van der Waals surface area (Å²) < 4.78 is 41.7. The molecule has 0 unspecified atom stereocenters. The Hall–Kier alpha value is -4.18. The summed E-state index contributed by atoms with van der Waals surface area (Å²) >= 11 is 6.26. The monoisotopic (exact) mass is 541 g/mol. The van der Waals surface area contributed by atoms with E-state index in [4.69, 9.17) is 26.2 Å². The molecule has 1 amide bonds. The lowest BCUT2D eigenvalue weighted by atomic mass is 9.87. The molecule has 0 radical (unpaired) electrons. The van der Waals surface area contributed by atoms with Crippen molar-refractivity contribution >= 4 is 34.6 Å². The van der Waals surface area contributed by atoms with Gasteiger partial charge in [-0.25, -0.2) is 18.4 Å². The number of para-hydroxylation sites is 1. The molecule has 5 rings (SSSR count). The highest BCUT2D eigenvalue weighted by Crippen LogP contribution is 2.42. The molecule has 1 N–H and O–H groups in total. The minimum Gasteiger partial charge on any atom is -0.482 e. The summed E-state index contributed by atoms with van der Waals surface area (Å²) in [4.78, 5) is 26.0. The number of benzene rings is 3. The number of nitrogens with zero attached hydrogens (tertiary/aromatic N) is 3. The molecule has 0 aliphatic carbocycles. The first kappa shape index (κ1) is 25.5. The number of aliphatic carboxylic acids is 1. The van der Waals surface area contributed by atoms with Crippen LogP contribution in [0.3, 0.4) is 0 Å². The Morgan fingerprint density at radius 2 is 1.92 bits per heavy atom. The van der Waals surface area contributed by atoms with Crippen LogP contribution in [0.15, 0.2) is 54.6 Å². The van der Waals surface area contributed by atoms with Crippen molar-refractivity contribution in [3.05, 3.63) is 93.6 Å². The number of carbonyl (C=O) groups excluding carboxylic acids is 1. The Balaban J connectivity index is 1.52. The number of fused-ring (bicyclic) bond motifs is 2. The van der Waals surface area contributed by atoms with Crippen molar-refractivity contribution < 1.29 is 33.0 Å². The molecule has 3 aromatic carbocycles. The van der Waals surface area contributed by atoms with Gasteiger partial charge >= 0.3 is 12.1 Å². The van der Waals surface area contributed by atoms with Gasteiger partial charge in [-0.05, 0) is 47.9 Å². The predicted octanol–water partition coefficient (Wildman–Crippen LogP) is 5.25. The van der Waals surface area contributed by atoms with Gasteiger partial charge in [-0.1, -0.05) is 35.9 Å². The third kappa shape index (κ3) is 4.74. The van der Waals surface area contributed by atoms with Crippen molar-refractivity contribution in [1.29, 1.82) is 0 Å². The van der Waals surface area contributed by atoms with Gasteiger partial charge in [0.25, 0.3) is 0 Å². The summed E-state index contributed by atoms with van der Waals surface area (Å²) in [5, 5.41) is 14.7. The molecule has 4 aromatic rings. The number of aromatic nitrogens is 2. The van der Waals surface area contributed by atoms with Crippen molar-refractivity contribution in [2.45, 2.75) is 19.1 Å². The summed E-state index contributed by atoms with van der Waals surface area (Å²) in [6.45, 7) is -0.764. The first-order valence-corrected chi connectivity index (χ1v) is 12.1. The predicted molar refractivity (Wildman–Crippen MR) is 134 cm³/mol. The van der Waals surface area contributed by atoms with Crippen molar-refractivity contribution in [3.63, 3.8) is 0 Å². The van der Waals surface area contributed by atoms with E-state index in [-0.39, 0.29) is 35.9 Å². The molecule has 0 saturated heterocycles. The van der Waals surface area contributed by atoms with Crippen LogP contribution in [0.5, 0.6) is 5.75 Å². The van der Waals surface area contributed by atoms with E-state index in [0.29, 0.717) is 16.8 Å². The molecule has 0 fully saturated rings. The summed E-state index contributed by atoms with van der Waals surface area (Å²) in [5.74, 6) is -3.08. The molecule has 0 bridgehead atoms. The van der Waals surface area contributed by atoms with E-state index in [2.05, 4.69) is 5.10 Å². The first-order valence-electron chi connectivity index (χ1n) is 11.7. The number of aryl methyl sites for hydroxylation is 1. The van der Waals surface area contributed by atoms with Crippen molar-refractivity contribution in [2.75, 3.05) is 13.2 Å². The van der Waals surface area contributed by atoms with Crippen LogP contribution < -0.4 is 4.74 Å². The Morgan fingerprint density at radius 1 is 1.13 bits per heavy atom. The van der Waals surface area contributed by atoms with Crippen LogP contribution in [0.2, 0.25) is 5.02 Å². The fourth-order valence-electron chi connectivity index (χ4n) is 4.79. The molecule has 1 aliphatic rings. The molecule has 1 aliphatic heterocycles. The van der Waals surface area contributed by atoms with Gasteiger partial charge in [0.2, 0.25) is 0 Å². The van der Waals surface area contributed by atoms with E-state index in [1.807, 2.05) is 24.3 Å². The summed E-state index contributed by atoms with van der Waals surface area (Å²) in [7, 11) is 1.79. The quantitative estimate of drug-likeness (QED) is 0.358. The maximum absolute atomic E-state index is 14.8. The van der Waals surface area contributed by atoms with E-state index >= 15 is 0 Å². The highest BCUT2D eigenvalue weighted by atomic mass is 35.5. The normalized spacial score (nSPS) is 14.8. The highest BCUT2D eigenvalue weighted by Gasteiger charge is 2.37. The van der Waals surface area contributed by atoms with E-state index in [1.54, 1.807) is 11.7 Å². The number of amides is 1. The molecule has 0 spiro atoms. The van der Waals surface area contributed by atoms with Gasteiger partial charge in [-0.2, -0.15) is 5.10 Å². The molecule has 2 heterocycles. The van der Waals surface area contributed by atoms with E-state index < -0.39 is 36.3 Å². The second-order valence-electron chi connectivity index (χ2n) is 8.78. The topological polar surface area (TPSA) is 93.9 Å². The highest BCUT2D eigenvalue weighted by molar-refractivity contribution is 6.30. The second kappa shape index (κ2) is 10.3. The largest absolute Gasteiger partial charge is 0.482 e. The Bertz CT molecular complexity index is 1560. The number of ether oxygens (including phenoxy) is 2. The molecular formula is C27H22ClF2N3O5. The lowest BCUT2D eigenvalue weighted by molar-refractivity contribution is -0.139. The van der Waals surface area contributed by atoms with Crippen LogP contribution >= 0.6 is 11.6 Å². The Labute approximate surface area is 220 Å². The molecule has 0 saturated carbocycles. The zero-order valence-electron chi connectivity index (χ0n) is 20.2. The number of hydrogen-bond acceptors (Lipinski definition) is 5. The molecule has 8 nitrogen and oxygen atoms in total. The number of carboxylic acid groups (broad SMARTS) is 1. The zero-order chi connectivity index (χ0) is 27.0. The van der Waals surface area contributed by atoms with E-state index in [1.165, 1.54) is 29.2 Å². The standard InChI is InChI=1S/C27H22ClF2N3O5/c1-32-22-5-3-2-4-18(22)21(31-32)13-38-27(36)33-11-10-16-17(7-8-20(29)25(16)30)26(33)19-12-15(28)6-9-23(19)37-14-24(34)35/h2-9,12,26H,10-11,13-14H2,1H3,(H,34,35)/t26-/m0/s1. The van der Waals surface area contributed by atoms with E-state index in [0.717, 1.165) is 17.0 Å². The van der Waals surface area contributed by atoms with Crippen molar-refractivity contribution in [2.24, 2.45) is 7.05 Å². The average Bonchev–Trinajstić information content (AvgIpc) is 3.23. The summed E-state index contributed by atoms with van der Waals surface area (Å²) in [6, 6.07) is 13.4. The molecule has 1 aromatic heterocycles. The number of halogens is 3. The molecule has 196 valence electrons. The van der Waals surface area contributed by atoms with Gasteiger partial charge in [0.15, 0.2) is 18.2 Å². The minimum absolute atomic E-state index is 0.00469. The number of rotatable bonds is 6. The van der Waals surface area contributed by atoms with Gasteiger partial charge in [0.05, 0.1) is 11.6 Å². The number of hydrogen-bond donors (Lipinski definition) is 1. The summed E-state index contributed by atoms with van der Waals surface area (Å²) in [6.07, 6.45) is -0.674. The number of carboxylic acids is 1. The smallest absolute Gasteiger partial charge is 0.410 e. The molecular weight excluding hydrogens is 520 g/mol. The van der Waals surface area contributed by atoms with Gasteiger partial charge in [0.1, 0.15) is 18.1 Å². The van der Waals surface area contributed by atoms with E-state index in [9.17, 15) is 18.4 Å².